The van der Waals surface area contributed by atoms with Gasteiger partial charge in [-0.05, 0) is 63.5 Å². The van der Waals surface area contributed by atoms with Crippen LogP contribution in [-0.2, 0) is 16.1 Å². The maximum Gasteiger partial charge on any atom is 0.338 e. The van der Waals surface area contributed by atoms with E-state index < -0.39 is 12.0 Å². The van der Waals surface area contributed by atoms with Gasteiger partial charge in [-0.2, -0.15) is 4.68 Å². The summed E-state index contributed by atoms with van der Waals surface area (Å²) in [5.41, 5.74) is 3.90. The molecule has 0 saturated heterocycles. The fourth-order valence-corrected chi connectivity index (χ4v) is 4.25. The molecule has 34 heavy (non-hydrogen) atoms. The number of aromatic nitrogens is 4. The van der Waals surface area contributed by atoms with Crippen LogP contribution in [0.2, 0.25) is 0 Å². The number of aryl methyl sites for hydroxylation is 1. The Kier molecular flexibility index (Phi) is 6.97. The van der Waals surface area contributed by atoms with Crippen molar-refractivity contribution in [1.29, 1.82) is 0 Å². The maximum atomic E-state index is 13.0. The van der Waals surface area contributed by atoms with Crippen LogP contribution >= 0.6 is 15.9 Å². The number of benzene rings is 2. The highest BCUT2D eigenvalue weighted by Crippen LogP contribution is 2.42. The number of hydrogen-bond acceptors (Lipinski definition) is 8. The molecule has 2 heterocycles. The van der Waals surface area contributed by atoms with E-state index in [-0.39, 0.29) is 6.61 Å². The number of hydrogen-bond donors (Lipinski definition) is 1. The molecule has 2 aromatic carbocycles. The van der Waals surface area contributed by atoms with E-state index in [2.05, 4.69) is 43.4 Å². The molecule has 0 amide bonds. The Labute approximate surface area is 205 Å². The second-order valence-electron chi connectivity index (χ2n) is 7.71. The molecule has 0 spiro atoms. The van der Waals surface area contributed by atoms with Crippen LogP contribution in [0.3, 0.4) is 0 Å². The molecule has 0 bridgehead atoms. The number of carbonyl (C=O) groups excluding carboxylic acids is 1. The number of rotatable bonds is 8. The molecule has 9 nitrogen and oxygen atoms in total. The van der Waals surface area contributed by atoms with Crippen LogP contribution in [0, 0.1) is 6.92 Å². The zero-order valence-electron chi connectivity index (χ0n) is 19.0. The van der Waals surface area contributed by atoms with E-state index in [1.165, 1.54) is 16.3 Å². The van der Waals surface area contributed by atoms with Crippen LogP contribution < -0.4 is 14.8 Å². The minimum Gasteiger partial charge on any atom is -0.493 e. The third-order valence-corrected chi connectivity index (χ3v) is 5.93. The van der Waals surface area contributed by atoms with Gasteiger partial charge < -0.3 is 19.5 Å². The summed E-state index contributed by atoms with van der Waals surface area (Å²) in [6.45, 7) is 7.88. The van der Waals surface area contributed by atoms with Gasteiger partial charge in [-0.1, -0.05) is 47.6 Å². The Morgan fingerprint density at radius 2 is 2.03 bits per heavy atom. The van der Waals surface area contributed by atoms with E-state index in [1.54, 1.807) is 14.0 Å². The Morgan fingerprint density at radius 3 is 2.74 bits per heavy atom. The van der Waals surface area contributed by atoms with Crippen molar-refractivity contribution in [1.82, 2.24) is 20.2 Å². The van der Waals surface area contributed by atoms with Gasteiger partial charge in [-0.15, -0.1) is 0 Å². The van der Waals surface area contributed by atoms with Crippen LogP contribution in [-0.4, -0.2) is 39.9 Å². The van der Waals surface area contributed by atoms with Gasteiger partial charge in [-0.25, -0.2) is 4.79 Å². The molecule has 1 unspecified atom stereocenters. The lowest BCUT2D eigenvalue weighted by molar-refractivity contribution is -0.138. The first-order valence-corrected chi connectivity index (χ1v) is 11.3. The fraction of sp³-hybridized carbons (Fsp3) is 0.250. The minimum atomic E-state index is -0.639. The number of nitrogens with one attached hydrogen (secondary N) is 1. The van der Waals surface area contributed by atoms with Crippen LogP contribution in [0.5, 0.6) is 11.5 Å². The van der Waals surface area contributed by atoms with Crippen molar-refractivity contribution in [3.8, 4) is 11.5 Å². The summed E-state index contributed by atoms with van der Waals surface area (Å²) in [5.74, 6) is 0.971. The molecule has 1 aliphatic rings. The van der Waals surface area contributed by atoms with Crippen LogP contribution in [0.1, 0.15) is 29.7 Å². The number of esters is 1. The molecular weight excluding hydrogens is 502 g/mol. The van der Waals surface area contributed by atoms with Gasteiger partial charge in [0.25, 0.3) is 0 Å². The molecule has 1 aliphatic heterocycles. The summed E-state index contributed by atoms with van der Waals surface area (Å²) in [4.78, 5) is 13.0. The number of fused-ring (bicyclic) bond motifs is 1. The zero-order valence-corrected chi connectivity index (χ0v) is 20.6. The second kappa shape index (κ2) is 10.1. The summed E-state index contributed by atoms with van der Waals surface area (Å²) in [7, 11) is 1.56. The van der Waals surface area contributed by atoms with E-state index in [0.717, 1.165) is 5.56 Å². The molecule has 0 aliphatic carbocycles. The van der Waals surface area contributed by atoms with Gasteiger partial charge in [0.15, 0.2) is 11.5 Å². The first-order valence-electron chi connectivity index (χ1n) is 10.5. The average molecular weight is 526 g/mol. The van der Waals surface area contributed by atoms with Crippen molar-refractivity contribution in [3.63, 3.8) is 0 Å². The normalized spacial score (nSPS) is 14.8. The number of tetrazole rings is 1. The predicted molar refractivity (Wildman–Crippen MR) is 130 cm³/mol. The predicted octanol–water partition coefficient (Wildman–Crippen LogP) is 4.35. The van der Waals surface area contributed by atoms with Crippen molar-refractivity contribution < 1.29 is 19.0 Å². The Balaban J connectivity index is 1.72. The maximum absolute atomic E-state index is 13.0. The quantitative estimate of drug-likeness (QED) is 0.342. The topological polar surface area (TPSA) is 100 Å². The van der Waals surface area contributed by atoms with Crippen LogP contribution in [0.25, 0.3) is 0 Å². The summed E-state index contributed by atoms with van der Waals surface area (Å²) < 4.78 is 19.3. The number of methoxy groups -OCH3 is 1. The lowest BCUT2D eigenvalue weighted by Crippen LogP contribution is -2.29. The van der Waals surface area contributed by atoms with Gasteiger partial charge in [0.1, 0.15) is 19.3 Å². The fourth-order valence-electron chi connectivity index (χ4n) is 3.67. The van der Waals surface area contributed by atoms with Gasteiger partial charge in [-0.3, -0.25) is 0 Å². The van der Waals surface area contributed by atoms with Gasteiger partial charge in [0.05, 0.1) is 17.2 Å². The molecule has 1 atom stereocenters. The number of carbonyl (C=O) groups is 1. The minimum absolute atomic E-state index is 0.0869. The Hall–Kier alpha value is -3.66. The first kappa shape index (κ1) is 23.5. The third-order valence-electron chi connectivity index (χ3n) is 5.34. The molecule has 176 valence electrons. The van der Waals surface area contributed by atoms with Crippen molar-refractivity contribution in [2.75, 3.05) is 19.0 Å². The molecular formula is C24H24BrN5O4. The summed E-state index contributed by atoms with van der Waals surface area (Å²) >= 11 is 3.61. The number of nitrogens with zero attached hydrogens (tertiary/aromatic N) is 4. The van der Waals surface area contributed by atoms with Gasteiger partial charge in [0, 0.05) is 5.70 Å². The number of allylic oxidation sites excluding steroid dienone is 1. The molecule has 4 rings (SSSR count). The van der Waals surface area contributed by atoms with Crippen molar-refractivity contribution in [3.05, 3.63) is 81.5 Å². The largest absolute Gasteiger partial charge is 0.493 e. The summed E-state index contributed by atoms with van der Waals surface area (Å²) in [6, 6.07) is 11.2. The van der Waals surface area contributed by atoms with Gasteiger partial charge >= 0.3 is 5.97 Å². The Bertz CT molecular complexity index is 1250. The van der Waals surface area contributed by atoms with E-state index in [9.17, 15) is 4.79 Å². The average Bonchev–Trinajstić information content (AvgIpc) is 3.29. The lowest BCUT2D eigenvalue weighted by atomic mass is 9.95. The van der Waals surface area contributed by atoms with Gasteiger partial charge in [0.2, 0.25) is 5.95 Å². The molecule has 1 aromatic heterocycles. The SMILES string of the molecule is C=CCOC(=O)C1=C(C)Nc2nnnn2C1c1cc(Br)c(OCc2ccc(C)cc2)c(OC)c1. The van der Waals surface area contributed by atoms with Crippen molar-refractivity contribution in [2.24, 2.45) is 0 Å². The highest BCUT2D eigenvalue weighted by molar-refractivity contribution is 9.10. The highest BCUT2D eigenvalue weighted by atomic mass is 79.9. The molecule has 1 N–H and O–H groups in total. The number of anilines is 1. The van der Waals surface area contributed by atoms with E-state index >= 15 is 0 Å². The zero-order chi connectivity index (χ0) is 24.2. The van der Waals surface area contributed by atoms with Crippen LogP contribution in [0.4, 0.5) is 5.95 Å². The van der Waals surface area contributed by atoms with Crippen molar-refractivity contribution >= 4 is 27.8 Å². The standard InChI is InChI=1S/C24H24BrN5O4/c1-5-10-33-23(31)20-15(3)26-24-27-28-29-30(24)21(20)17-11-18(25)22(19(12-17)32-4)34-13-16-8-6-14(2)7-9-16/h5-9,11-12,21H,1,10,13H2,2-4H3,(H,26,27,29). The summed E-state index contributed by atoms with van der Waals surface area (Å²) in [6.07, 6.45) is 1.52. The van der Waals surface area contributed by atoms with Crippen LogP contribution in [0.15, 0.2) is 64.8 Å². The monoisotopic (exact) mass is 525 g/mol. The van der Waals surface area contributed by atoms with E-state index in [1.807, 2.05) is 43.3 Å². The molecule has 10 heteroatoms. The second-order valence-corrected chi connectivity index (χ2v) is 8.56. The number of halogens is 1. The Morgan fingerprint density at radius 1 is 1.26 bits per heavy atom. The first-order chi connectivity index (χ1) is 16.4. The lowest BCUT2D eigenvalue weighted by Gasteiger charge is -2.28. The van der Waals surface area contributed by atoms with Crippen molar-refractivity contribution in [2.45, 2.75) is 26.5 Å². The van der Waals surface area contributed by atoms with E-state index in [4.69, 9.17) is 14.2 Å². The summed E-state index contributed by atoms with van der Waals surface area (Å²) in [5, 5.41) is 14.9. The highest BCUT2D eigenvalue weighted by Gasteiger charge is 2.35. The molecule has 0 saturated carbocycles. The molecule has 0 radical (unpaired) electrons. The third kappa shape index (κ3) is 4.67. The van der Waals surface area contributed by atoms with E-state index in [0.29, 0.717) is 45.4 Å². The number of ether oxygens (including phenoxy) is 3. The molecule has 3 aromatic rings. The smallest absolute Gasteiger partial charge is 0.338 e. The molecule has 0 fully saturated rings.